The van der Waals surface area contributed by atoms with E-state index in [1.807, 2.05) is 58.5 Å². The van der Waals surface area contributed by atoms with Gasteiger partial charge in [-0.1, -0.05) is 46.3 Å². The summed E-state index contributed by atoms with van der Waals surface area (Å²) in [7, 11) is 5.24. The first-order valence-electron chi connectivity index (χ1n) is 29.5. The molecule has 0 bridgehead atoms. The van der Waals surface area contributed by atoms with Crippen LogP contribution in [-0.2, 0) is 42.8 Å². The molecule has 0 aromatic carbocycles. The van der Waals surface area contributed by atoms with Gasteiger partial charge >= 0.3 is 5.97 Å². The number of carbonyl (C=O) groups is 3. The average molecular weight is 1120 g/mol. The number of carbonyl (C=O) groups excluding carboxylic acids is 3. The Labute approximate surface area is 468 Å². The Hall–Kier alpha value is -2.50. The van der Waals surface area contributed by atoms with Crippen molar-refractivity contribution in [3.05, 3.63) is 23.8 Å². The van der Waals surface area contributed by atoms with E-state index in [9.17, 15) is 45.0 Å². The van der Waals surface area contributed by atoms with E-state index in [1.54, 1.807) is 47.6 Å². The molecule has 3 saturated heterocycles. The van der Waals surface area contributed by atoms with Gasteiger partial charge in [0.1, 0.15) is 30.0 Å². The number of allylic oxidation sites excluding steroid dienone is 4. The van der Waals surface area contributed by atoms with Crippen LogP contribution >= 0.6 is 0 Å². The van der Waals surface area contributed by atoms with E-state index in [4.69, 9.17) is 28.4 Å². The molecule has 7 N–H and O–H groups in total. The van der Waals surface area contributed by atoms with Gasteiger partial charge in [-0.3, -0.25) is 19.3 Å². The maximum absolute atomic E-state index is 17.9. The molecule has 8 rings (SSSR count). The van der Waals surface area contributed by atoms with Gasteiger partial charge in [0.05, 0.1) is 47.6 Å². The van der Waals surface area contributed by atoms with Crippen molar-refractivity contribution >= 4 is 17.7 Å². The van der Waals surface area contributed by atoms with Crippen LogP contribution in [0.2, 0.25) is 0 Å². The first-order chi connectivity index (χ1) is 36.7. The van der Waals surface area contributed by atoms with E-state index >= 15 is 4.39 Å². The van der Waals surface area contributed by atoms with Crippen molar-refractivity contribution in [3.63, 3.8) is 0 Å². The van der Waals surface area contributed by atoms with Crippen LogP contribution in [0.5, 0.6) is 0 Å². The number of hydrogen-bond donors (Lipinski definition) is 7. The highest BCUT2D eigenvalue weighted by Crippen LogP contribution is 2.70. The van der Waals surface area contributed by atoms with E-state index < -0.39 is 136 Å². The lowest BCUT2D eigenvalue weighted by Gasteiger charge is -2.61. The number of methoxy groups -OCH3 is 1. The van der Waals surface area contributed by atoms with Crippen LogP contribution < -0.4 is 5.32 Å². The summed E-state index contributed by atoms with van der Waals surface area (Å²) in [5, 5.41) is 76.2. The van der Waals surface area contributed by atoms with Gasteiger partial charge in [0.2, 0.25) is 5.91 Å². The molecule has 0 aromatic rings. The lowest BCUT2D eigenvalue weighted by atomic mass is 9.45. The molecule has 26 atom stereocenters. The zero-order chi connectivity index (χ0) is 58.5. The number of rotatable bonds is 12. The molecule has 450 valence electrons. The standard InChI is InChI=1S/C60H98FN3O15/c1-16-43-58(12,72)48(68)35(6)64(23-17-22-62-51(70)45-31(2)24-40-39-19-18-37-26-38(65)20-21-56(37,10)60(39,61)42(66)27-55(40,45)9)30-54(8)29-59(54,73)50(79-53-46(67)41(63(13)14)25-32(3)75-53)33(4)47(34(5)52(71)77-43)78-44-28-57(11,74-15)49(69)36(7)76-44/h20-21,26,31-36,39-50,53,66-69,72-73H,16-19,22-25,27-30H2,1-15H3,(H,62,70)/t31-,32-,33+,34-,35-,36?,39?,40?,41-,42+,43-,44-,45-,46-,47+,48-,49-,50-,53+,54+,55+,56+,57+,58-,59-,60+/m1/s1. The number of ether oxygens (including phenoxy) is 6. The predicted octanol–water partition coefficient (Wildman–Crippen LogP) is 4.37. The molecule has 3 aliphatic heterocycles. The van der Waals surface area contributed by atoms with Crippen LogP contribution in [0.25, 0.3) is 0 Å². The minimum Gasteiger partial charge on any atom is -0.459 e. The quantitative estimate of drug-likeness (QED) is 0.106. The summed E-state index contributed by atoms with van der Waals surface area (Å²) in [5.74, 6) is -4.33. The molecule has 0 spiro atoms. The Morgan fingerprint density at radius 3 is 2.27 bits per heavy atom. The normalized spacial score (nSPS) is 51.5. The van der Waals surface area contributed by atoms with E-state index in [1.165, 1.54) is 26.2 Å². The van der Waals surface area contributed by atoms with Crippen molar-refractivity contribution in [1.29, 1.82) is 0 Å². The van der Waals surface area contributed by atoms with Crippen LogP contribution in [0.15, 0.2) is 23.8 Å². The Morgan fingerprint density at radius 1 is 0.937 bits per heavy atom. The maximum Gasteiger partial charge on any atom is 0.311 e. The SMILES string of the molecule is CC[C@H]1OC(=O)[C@H](C)[C@@H](O[C@@H]2C[C@](C)(OC)[C@H](O)C(C)O2)[C@H](C)[C@@H](O[C@@H]2O[C@H](C)C[C@@H](N(C)C)[C@H]2O)[C@]2(O)C[C@@]2(C)CN(CCCNC(=O)[C@H]2[C@H](C)CC3C4CCC5=CC(=O)C=C[C@]5(C)[C@@]4(F)[C@@H](O)C[C@@]32C)[C@H](C)[C@@H](O)[C@]1(C)O. The Bertz CT molecular complexity index is 2310. The highest BCUT2D eigenvalue weighted by atomic mass is 19.1. The molecule has 3 heterocycles. The second-order valence-corrected chi connectivity index (χ2v) is 27.4. The summed E-state index contributed by atoms with van der Waals surface area (Å²) in [6.07, 6.45) is -4.10. The summed E-state index contributed by atoms with van der Waals surface area (Å²) < 4.78 is 56.3. The summed E-state index contributed by atoms with van der Waals surface area (Å²) in [5.41, 5.74) is -8.82. The fraction of sp³-hybridized carbons (Fsp3) is 0.883. The number of halogens is 1. The van der Waals surface area contributed by atoms with Gasteiger partial charge in [0, 0.05) is 73.8 Å². The van der Waals surface area contributed by atoms with Crippen molar-refractivity contribution in [2.24, 2.45) is 51.8 Å². The Kier molecular flexibility index (Phi) is 17.8. The van der Waals surface area contributed by atoms with E-state index in [0.717, 1.165) is 0 Å². The minimum atomic E-state index is -2.00. The minimum absolute atomic E-state index is 0.0791. The fourth-order valence-electron chi connectivity index (χ4n) is 16.8. The number of nitrogens with zero attached hydrogens (tertiary/aromatic N) is 2. The van der Waals surface area contributed by atoms with Gasteiger partial charge in [0.25, 0.3) is 0 Å². The number of ketones is 1. The van der Waals surface area contributed by atoms with Crippen LogP contribution in [0.1, 0.15) is 141 Å². The van der Waals surface area contributed by atoms with Gasteiger partial charge in [-0.25, -0.2) is 4.39 Å². The first kappa shape index (κ1) is 62.5. The number of likely N-dealkylation sites (N-methyl/N-ethyl adjacent to an activating group) is 1. The first-order valence-corrected chi connectivity index (χ1v) is 29.5. The van der Waals surface area contributed by atoms with Gasteiger partial charge in [0.15, 0.2) is 24.0 Å². The van der Waals surface area contributed by atoms with Crippen LogP contribution in [0.4, 0.5) is 4.39 Å². The molecular formula is C60H98FN3O15. The molecule has 4 saturated carbocycles. The number of fused-ring (bicyclic) bond motifs is 6. The number of aliphatic hydroxyl groups excluding tert-OH is 4. The largest absolute Gasteiger partial charge is 0.459 e. The summed E-state index contributed by atoms with van der Waals surface area (Å²) in [6.45, 7) is 22.3. The summed E-state index contributed by atoms with van der Waals surface area (Å²) >= 11 is 0. The number of nitrogens with one attached hydrogen (secondary N) is 1. The number of hydrogen-bond acceptors (Lipinski definition) is 17. The van der Waals surface area contributed by atoms with Crippen molar-refractivity contribution in [1.82, 2.24) is 15.1 Å². The Morgan fingerprint density at radius 2 is 1.62 bits per heavy atom. The molecule has 18 nitrogen and oxygen atoms in total. The molecule has 7 fully saturated rings. The lowest BCUT2D eigenvalue weighted by molar-refractivity contribution is -0.314. The predicted molar refractivity (Wildman–Crippen MR) is 290 cm³/mol. The van der Waals surface area contributed by atoms with Crippen molar-refractivity contribution in [2.45, 2.75) is 243 Å². The van der Waals surface area contributed by atoms with Crippen LogP contribution in [0, 0.1) is 51.8 Å². The fourth-order valence-corrected chi connectivity index (χ4v) is 16.8. The molecule has 19 heteroatoms. The zero-order valence-corrected chi connectivity index (χ0v) is 49.8. The average Bonchev–Trinajstić information content (AvgIpc) is 3.83. The van der Waals surface area contributed by atoms with Gasteiger partial charge < -0.3 is 69.3 Å². The molecule has 79 heavy (non-hydrogen) atoms. The number of cyclic esters (lactones) is 1. The molecule has 0 radical (unpaired) electrons. The van der Waals surface area contributed by atoms with E-state index in [-0.39, 0.29) is 81.0 Å². The van der Waals surface area contributed by atoms with E-state index in [0.29, 0.717) is 37.7 Å². The molecular weight excluding hydrogens is 1020 g/mol. The zero-order valence-electron chi connectivity index (χ0n) is 49.8. The number of alkyl halides is 1. The topological polar surface area (TPSA) is 246 Å². The van der Waals surface area contributed by atoms with Crippen molar-refractivity contribution in [3.8, 4) is 0 Å². The molecule has 1 amide bonds. The monoisotopic (exact) mass is 1120 g/mol. The summed E-state index contributed by atoms with van der Waals surface area (Å²) in [6, 6.07) is -1.14. The molecule has 8 aliphatic rings. The second kappa shape index (κ2) is 22.5. The highest BCUT2D eigenvalue weighted by Gasteiger charge is 2.73. The van der Waals surface area contributed by atoms with E-state index in [2.05, 4.69) is 5.32 Å². The third kappa shape index (κ3) is 10.7. The second-order valence-electron chi connectivity index (χ2n) is 27.4. The maximum atomic E-state index is 17.9. The molecule has 0 aromatic heterocycles. The van der Waals surface area contributed by atoms with Gasteiger partial charge in [-0.05, 0) is 143 Å². The third-order valence-electron chi connectivity index (χ3n) is 21.9. The number of aliphatic hydroxyl groups is 6. The lowest BCUT2D eigenvalue weighted by Crippen LogP contribution is -2.67. The smallest absolute Gasteiger partial charge is 0.311 e. The summed E-state index contributed by atoms with van der Waals surface area (Å²) in [4.78, 5) is 45.6. The van der Waals surface area contributed by atoms with Gasteiger partial charge in [-0.15, -0.1) is 0 Å². The van der Waals surface area contributed by atoms with Crippen molar-refractivity contribution in [2.75, 3.05) is 40.8 Å². The van der Waals surface area contributed by atoms with Crippen LogP contribution in [0.3, 0.4) is 0 Å². The molecule has 5 aliphatic carbocycles. The van der Waals surface area contributed by atoms with Crippen molar-refractivity contribution < 1.29 is 77.8 Å². The third-order valence-corrected chi connectivity index (χ3v) is 21.9. The Balaban J connectivity index is 1.07. The highest BCUT2D eigenvalue weighted by molar-refractivity contribution is 6.01. The van der Waals surface area contributed by atoms with Crippen LogP contribution in [-0.4, -0.2) is 201 Å². The number of esters is 1. The molecule has 3 unspecified atom stereocenters. The number of amides is 1. The van der Waals surface area contributed by atoms with Gasteiger partial charge in [-0.2, -0.15) is 0 Å².